The van der Waals surface area contributed by atoms with Crippen molar-refractivity contribution < 1.29 is 0 Å². The lowest BCUT2D eigenvalue weighted by Crippen LogP contribution is -2.15. The van der Waals surface area contributed by atoms with E-state index in [1.807, 2.05) is 11.3 Å². The number of fused-ring (bicyclic) bond motifs is 1. The molecule has 1 aliphatic rings. The maximum atomic E-state index is 3.70. The van der Waals surface area contributed by atoms with Crippen molar-refractivity contribution in [3.8, 4) is 0 Å². The van der Waals surface area contributed by atoms with Crippen LogP contribution in [0.25, 0.3) is 0 Å². The number of halogens is 1. The van der Waals surface area contributed by atoms with Crippen LogP contribution in [0.15, 0.2) is 34.1 Å². The fourth-order valence-electron chi connectivity index (χ4n) is 2.94. The molecule has 1 N–H and O–H groups in total. The molecule has 2 aromatic rings. The number of hydrogen-bond acceptors (Lipinski definition) is 3. The summed E-state index contributed by atoms with van der Waals surface area (Å²) in [6.45, 7) is 0.991. The summed E-state index contributed by atoms with van der Waals surface area (Å²) < 4.78 is 1.25. The molecule has 21 heavy (non-hydrogen) atoms. The SMILES string of the molecule is CN(C)Cc1ccc(NC2CCCc3sc(Br)cc32)cc1. The number of nitrogens with one attached hydrogen (secondary N) is 1. The Balaban J connectivity index is 1.72. The summed E-state index contributed by atoms with van der Waals surface area (Å²) in [6.07, 6.45) is 3.72. The van der Waals surface area contributed by atoms with Crippen LogP contribution in [0.2, 0.25) is 0 Å². The molecule has 1 atom stereocenters. The van der Waals surface area contributed by atoms with Gasteiger partial charge in [-0.15, -0.1) is 11.3 Å². The lowest BCUT2D eigenvalue weighted by atomic mass is 9.94. The molecule has 1 aromatic carbocycles. The van der Waals surface area contributed by atoms with Crippen LogP contribution in [0.4, 0.5) is 5.69 Å². The van der Waals surface area contributed by atoms with E-state index in [0.29, 0.717) is 6.04 Å². The predicted octanol–water partition coefficient (Wildman–Crippen LogP) is 5.06. The zero-order valence-electron chi connectivity index (χ0n) is 12.5. The zero-order valence-corrected chi connectivity index (χ0v) is 14.9. The van der Waals surface area contributed by atoms with Crippen LogP contribution in [0.5, 0.6) is 0 Å². The Morgan fingerprint density at radius 3 is 2.76 bits per heavy atom. The highest BCUT2D eigenvalue weighted by Crippen LogP contribution is 2.39. The van der Waals surface area contributed by atoms with Crippen LogP contribution < -0.4 is 5.32 Å². The monoisotopic (exact) mass is 364 g/mol. The van der Waals surface area contributed by atoms with Crippen molar-refractivity contribution >= 4 is 33.0 Å². The molecule has 0 amide bonds. The Morgan fingerprint density at radius 2 is 2.05 bits per heavy atom. The lowest BCUT2D eigenvalue weighted by molar-refractivity contribution is 0.402. The molecule has 1 unspecified atom stereocenters. The highest BCUT2D eigenvalue weighted by Gasteiger charge is 2.22. The van der Waals surface area contributed by atoms with E-state index in [2.05, 4.69) is 70.6 Å². The van der Waals surface area contributed by atoms with Gasteiger partial charge in [-0.05, 0) is 78.6 Å². The van der Waals surface area contributed by atoms with Gasteiger partial charge >= 0.3 is 0 Å². The predicted molar refractivity (Wildman–Crippen MR) is 95.2 cm³/mol. The second-order valence-corrected chi connectivity index (χ2v) is 8.47. The number of benzene rings is 1. The molecule has 2 nitrogen and oxygen atoms in total. The molecule has 4 heteroatoms. The minimum Gasteiger partial charge on any atom is -0.378 e. The first kappa shape index (κ1) is 15.1. The van der Waals surface area contributed by atoms with Crippen LogP contribution in [0, 0.1) is 0 Å². The van der Waals surface area contributed by atoms with Crippen LogP contribution in [-0.2, 0) is 13.0 Å². The van der Waals surface area contributed by atoms with Crippen molar-refractivity contribution in [3.05, 3.63) is 50.1 Å². The summed E-state index contributed by atoms with van der Waals surface area (Å²) in [7, 11) is 4.20. The molecule has 0 aliphatic heterocycles. The molecule has 1 aliphatic carbocycles. The summed E-state index contributed by atoms with van der Waals surface area (Å²) >= 11 is 5.51. The summed E-state index contributed by atoms with van der Waals surface area (Å²) in [6, 6.07) is 11.6. The molecular weight excluding hydrogens is 344 g/mol. The molecule has 1 heterocycles. The van der Waals surface area contributed by atoms with E-state index in [4.69, 9.17) is 0 Å². The quantitative estimate of drug-likeness (QED) is 0.815. The maximum absolute atomic E-state index is 3.70. The van der Waals surface area contributed by atoms with Gasteiger partial charge in [-0.3, -0.25) is 0 Å². The van der Waals surface area contributed by atoms with Gasteiger partial charge in [0.05, 0.1) is 9.83 Å². The zero-order chi connectivity index (χ0) is 14.8. The number of aryl methyl sites for hydroxylation is 1. The fraction of sp³-hybridized carbons (Fsp3) is 0.412. The van der Waals surface area contributed by atoms with Gasteiger partial charge in [-0.2, -0.15) is 0 Å². The summed E-state index contributed by atoms with van der Waals surface area (Å²) in [5, 5.41) is 3.70. The van der Waals surface area contributed by atoms with E-state index < -0.39 is 0 Å². The molecule has 1 aromatic heterocycles. The van der Waals surface area contributed by atoms with Gasteiger partial charge in [0.2, 0.25) is 0 Å². The highest BCUT2D eigenvalue weighted by atomic mass is 79.9. The van der Waals surface area contributed by atoms with Gasteiger partial charge in [0.15, 0.2) is 0 Å². The van der Waals surface area contributed by atoms with E-state index in [1.54, 1.807) is 0 Å². The largest absolute Gasteiger partial charge is 0.378 e. The summed E-state index contributed by atoms with van der Waals surface area (Å²) in [4.78, 5) is 3.73. The molecule has 0 radical (unpaired) electrons. The standard InChI is InChI=1S/C17H21BrN2S/c1-20(2)11-12-6-8-13(9-7-12)19-15-4-3-5-16-14(15)10-17(18)21-16/h6-10,15,19H,3-5,11H2,1-2H3. The first-order valence-electron chi connectivity index (χ1n) is 7.40. The maximum Gasteiger partial charge on any atom is 0.0705 e. The number of hydrogen-bond donors (Lipinski definition) is 1. The minimum atomic E-state index is 0.455. The second kappa shape index (κ2) is 6.51. The lowest BCUT2D eigenvalue weighted by Gasteiger charge is -2.24. The van der Waals surface area contributed by atoms with Crippen molar-refractivity contribution in [3.63, 3.8) is 0 Å². The molecule has 0 fully saturated rings. The van der Waals surface area contributed by atoms with Crippen LogP contribution >= 0.6 is 27.3 Å². The third kappa shape index (κ3) is 3.68. The fourth-order valence-corrected chi connectivity index (χ4v) is 4.76. The minimum absolute atomic E-state index is 0.455. The van der Waals surface area contributed by atoms with Gasteiger partial charge in [-0.25, -0.2) is 0 Å². The Kier molecular flexibility index (Phi) is 4.67. The molecule has 0 saturated carbocycles. The van der Waals surface area contributed by atoms with Crippen LogP contribution in [0.1, 0.15) is 34.9 Å². The molecule has 112 valence electrons. The second-order valence-electron chi connectivity index (χ2n) is 5.95. The number of anilines is 1. The number of thiophene rings is 1. The van der Waals surface area contributed by atoms with Crippen LogP contribution in [0.3, 0.4) is 0 Å². The van der Waals surface area contributed by atoms with E-state index in [-0.39, 0.29) is 0 Å². The molecule has 0 saturated heterocycles. The average Bonchev–Trinajstić information content (AvgIpc) is 2.82. The third-order valence-electron chi connectivity index (χ3n) is 3.88. The first-order chi connectivity index (χ1) is 10.1. The van der Waals surface area contributed by atoms with Gasteiger partial charge in [0.1, 0.15) is 0 Å². The van der Waals surface area contributed by atoms with Crippen molar-refractivity contribution in [2.75, 3.05) is 19.4 Å². The Labute approximate surface area is 139 Å². The smallest absolute Gasteiger partial charge is 0.0705 e. The molecule has 0 bridgehead atoms. The van der Waals surface area contributed by atoms with Crippen molar-refractivity contribution in [1.82, 2.24) is 4.90 Å². The van der Waals surface area contributed by atoms with Gasteiger partial charge < -0.3 is 10.2 Å². The average molecular weight is 365 g/mol. The van der Waals surface area contributed by atoms with Crippen molar-refractivity contribution in [2.45, 2.75) is 31.8 Å². The molecular formula is C17H21BrN2S. The van der Waals surface area contributed by atoms with Crippen molar-refractivity contribution in [1.29, 1.82) is 0 Å². The van der Waals surface area contributed by atoms with E-state index in [9.17, 15) is 0 Å². The van der Waals surface area contributed by atoms with E-state index in [1.165, 1.54) is 44.7 Å². The highest BCUT2D eigenvalue weighted by molar-refractivity contribution is 9.11. The number of nitrogens with zero attached hydrogens (tertiary/aromatic N) is 1. The Hall–Kier alpha value is -0.840. The molecule has 3 rings (SSSR count). The summed E-state index contributed by atoms with van der Waals surface area (Å²) in [5.74, 6) is 0. The number of rotatable bonds is 4. The Morgan fingerprint density at radius 1 is 1.29 bits per heavy atom. The molecule has 0 spiro atoms. The van der Waals surface area contributed by atoms with Crippen molar-refractivity contribution in [2.24, 2.45) is 0 Å². The Bertz CT molecular complexity index is 604. The van der Waals surface area contributed by atoms with Crippen LogP contribution in [-0.4, -0.2) is 19.0 Å². The van der Waals surface area contributed by atoms with E-state index >= 15 is 0 Å². The summed E-state index contributed by atoms with van der Waals surface area (Å²) in [5.41, 5.74) is 4.06. The normalized spacial score (nSPS) is 17.8. The third-order valence-corrected chi connectivity index (χ3v) is 5.59. The van der Waals surface area contributed by atoms with E-state index in [0.717, 1.165) is 6.54 Å². The van der Waals surface area contributed by atoms with Gasteiger partial charge in [0.25, 0.3) is 0 Å². The van der Waals surface area contributed by atoms with Gasteiger partial charge in [0, 0.05) is 17.1 Å². The van der Waals surface area contributed by atoms with Gasteiger partial charge in [-0.1, -0.05) is 12.1 Å². The topological polar surface area (TPSA) is 15.3 Å². The first-order valence-corrected chi connectivity index (χ1v) is 9.01.